The molecule has 7 heteroatoms. The highest BCUT2D eigenvalue weighted by atomic mass is 35.5. The van der Waals surface area contributed by atoms with Crippen LogP contribution in [0.2, 0.25) is 5.02 Å². The molecule has 1 N–H and O–H groups in total. The molecule has 3 aromatic rings. The zero-order valence-corrected chi connectivity index (χ0v) is 16.6. The van der Waals surface area contributed by atoms with Gasteiger partial charge in [-0.3, -0.25) is 10.1 Å². The summed E-state index contributed by atoms with van der Waals surface area (Å²) in [6, 6.07) is 11.3. The molecule has 0 saturated heterocycles. The number of carbonyl (C=O) groups excluding carboxylic acids is 1. The molecule has 4 nitrogen and oxygen atoms in total. The first-order valence-electron chi connectivity index (χ1n) is 8.30. The second-order valence-electron chi connectivity index (χ2n) is 6.09. The number of rotatable bonds is 5. The third-order valence-corrected chi connectivity index (χ3v) is 5.08. The Labute approximate surface area is 166 Å². The number of aromatic nitrogens is 1. The summed E-state index contributed by atoms with van der Waals surface area (Å²) >= 11 is 7.30. The number of amides is 1. The van der Waals surface area contributed by atoms with Crippen molar-refractivity contribution in [2.24, 2.45) is 0 Å². The zero-order valence-electron chi connectivity index (χ0n) is 15.0. The van der Waals surface area contributed by atoms with Crippen LogP contribution in [0.15, 0.2) is 42.5 Å². The topological polar surface area (TPSA) is 51.2 Å². The smallest absolute Gasteiger partial charge is 0.266 e. The van der Waals surface area contributed by atoms with Gasteiger partial charge in [0.05, 0.1) is 5.69 Å². The largest absolute Gasteiger partial charge is 0.481 e. The quantitative estimate of drug-likeness (QED) is 0.600. The van der Waals surface area contributed by atoms with E-state index in [1.54, 1.807) is 37.3 Å². The van der Waals surface area contributed by atoms with Crippen LogP contribution in [0.1, 0.15) is 17.4 Å². The van der Waals surface area contributed by atoms with E-state index in [9.17, 15) is 9.18 Å². The first kappa shape index (κ1) is 19.3. The van der Waals surface area contributed by atoms with Crippen molar-refractivity contribution in [1.82, 2.24) is 4.98 Å². The SMILES string of the molecule is Cc1cc(Cl)ccc1OC(C)C(=O)Nc1nc(-c2ccc(F)cc2)c(C)s1. The molecule has 0 aliphatic carbocycles. The zero-order chi connectivity index (χ0) is 19.6. The van der Waals surface area contributed by atoms with Crippen molar-refractivity contribution in [3.8, 4) is 17.0 Å². The number of nitrogens with one attached hydrogen (secondary N) is 1. The van der Waals surface area contributed by atoms with Crippen molar-refractivity contribution in [2.75, 3.05) is 5.32 Å². The second kappa shape index (κ2) is 8.06. The van der Waals surface area contributed by atoms with E-state index in [-0.39, 0.29) is 11.7 Å². The minimum absolute atomic E-state index is 0.302. The fourth-order valence-corrected chi connectivity index (χ4v) is 3.59. The lowest BCUT2D eigenvalue weighted by Gasteiger charge is -2.15. The molecule has 1 amide bonds. The molecule has 0 radical (unpaired) electrons. The third-order valence-electron chi connectivity index (χ3n) is 3.95. The lowest BCUT2D eigenvalue weighted by Crippen LogP contribution is -2.30. The molecule has 1 heterocycles. The summed E-state index contributed by atoms with van der Waals surface area (Å²) in [6.07, 6.45) is -0.705. The average Bonchev–Trinajstić information content (AvgIpc) is 2.98. The Morgan fingerprint density at radius 3 is 2.59 bits per heavy atom. The summed E-state index contributed by atoms with van der Waals surface area (Å²) in [5, 5.41) is 3.87. The Kier molecular flexibility index (Phi) is 5.77. The van der Waals surface area contributed by atoms with Crippen molar-refractivity contribution < 1.29 is 13.9 Å². The van der Waals surface area contributed by atoms with Crippen LogP contribution in [0.25, 0.3) is 11.3 Å². The van der Waals surface area contributed by atoms with Gasteiger partial charge in [-0.25, -0.2) is 9.37 Å². The van der Waals surface area contributed by atoms with Crippen molar-refractivity contribution in [3.05, 3.63) is 63.7 Å². The van der Waals surface area contributed by atoms with Crippen molar-refractivity contribution in [3.63, 3.8) is 0 Å². The van der Waals surface area contributed by atoms with E-state index in [0.29, 0.717) is 15.9 Å². The van der Waals surface area contributed by atoms with Crippen LogP contribution >= 0.6 is 22.9 Å². The van der Waals surface area contributed by atoms with Gasteiger partial charge in [0.1, 0.15) is 11.6 Å². The Morgan fingerprint density at radius 1 is 1.22 bits per heavy atom. The summed E-state index contributed by atoms with van der Waals surface area (Å²) in [4.78, 5) is 17.8. The average molecular weight is 405 g/mol. The van der Waals surface area contributed by atoms with Gasteiger partial charge in [0, 0.05) is 15.5 Å². The molecular formula is C20H18ClFN2O2S. The van der Waals surface area contributed by atoms with Crippen LogP contribution in [-0.4, -0.2) is 17.0 Å². The summed E-state index contributed by atoms with van der Waals surface area (Å²) in [6.45, 7) is 5.44. The molecule has 0 aliphatic rings. The number of anilines is 1. The van der Waals surface area contributed by atoms with Crippen LogP contribution in [0.3, 0.4) is 0 Å². The van der Waals surface area contributed by atoms with Crippen LogP contribution in [-0.2, 0) is 4.79 Å². The molecule has 0 spiro atoms. The summed E-state index contributed by atoms with van der Waals surface area (Å²) < 4.78 is 18.8. The van der Waals surface area contributed by atoms with Gasteiger partial charge in [0.15, 0.2) is 11.2 Å². The molecule has 0 aliphatic heterocycles. The standard InChI is InChI=1S/C20H18ClFN2O2S/c1-11-10-15(21)6-9-17(11)26-12(2)19(25)24-20-23-18(13(3)27-20)14-4-7-16(22)8-5-14/h4-10,12H,1-3H3,(H,23,24,25). The molecule has 0 bridgehead atoms. The molecule has 140 valence electrons. The van der Waals surface area contributed by atoms with E-state index in [2.05, 4.69) is 10.3 Å². The summed E-state index contributed by atoms with van der Waals surface area (Å²) in [5.74, 6) is -0.00301. The van der Waals surface area contributed by atoms with Gasteiger partial charge in [0.25, 0.3) is 5.91 Å². The van der Waals surface area contributed by atoms with Crippen LogP contribution in [0, 0.1) is 19.7 Å². The minimum Gasteiger partial charge on any atom is -0.481 e. The molecule has 0 saturated carbocycles. The second-order valence-corrected chi connectivity index (χ2v) is 7.73. The Hall–Kier alpha value is -2.44. The number of nitrogens with zero attached hydrogens (tertiary/aromatic N) is 1. The van der Waals surface area contributed by atoms with E-state index in [1.807, 2.05) is 13.8 Å². The van der Waals surface area contributed by atoms with Crippen LogP contribution in [0.4, 0.5) is 9.52 Å². The van der Waals surface area contributed by atoms with E-state index in [1.165, 1.54) is 23.5 Å². The molecule has 1 unspecified atom stereocenters. The number of hydrogen-bond acceptors (Lipinski definition) is 4. The first-order valence-corrected chi connectivity index (χ1v) is 9.50. The van der Waals surface area contributed by atoms with Gasteiger partial charge in [-0.05, 0) is 68.8 Å². The maximum Gasteiger partial charge on any atom is 0.266 e. The predicted octanol–water partition coefficient (Wildman–Crippen LogP) is 5.63. The molecule has 3 rings (SSSR count). The maximum absolute atomic E-state index is 13.1. The van der Waals surface area contributed by atoms with Gasteiger partial charge >= 0.3 is 0 Å². The number of thiazole rings is 1. The summed E-state index contributed by atoms with van der Waals surface area (Å²) in [7, 11) is 0. The van der Waals surface area contributed by atoms with Crippen LogP contribution < -0.4 is 10.1 Å². The Morgan fingerprint density at radius 2 is 1.93 bits per heavy atom. The molecule has 27 heavy (non-hydrogen) atoms. The highest BCUT2D eigenvalue weighted by Gasteiger charge is 2.19. The van der Waals surface area contributed by atoms with Gasteiger partial charge in [0.2, 0.25) is 0 Å². The number of ether oxygens (including phenoxy) is 1. The van der Waals surface area contributed by atoms with E-state index in [4.69, 9.17) is 16.3 Å². The number of benzene rings is 2. The monoisotopic (exact) mass is 404 g/mol. The van der Waals surface area contributed by atoms with Gasteiger partial charge in [-0.1, -0.05) is 11.6 Å². The fraction of sp³-hybridized carbons (Fsp3) is 0.200. The normalized spacial score (nSPS) is 11.9. The van der Waals surface area contributed by atoms with Crippen molar-refractivity contribution >= 4 is 34.0 Å². The van der Waals surface area contributed by atoms with Gasteiger partial charge in [-0.15, -0.1) is 11.3 Å². The minimum atomic E-state index is -0.705. The van der Waals surface area contributed by atoms with E-state index in [0.717, 1.165) is 21.7 Å². The lowest BCUT2D eigenvalue weighted by molar-refractivity contribution is -0.122. The van der Waals surface area contributed by atoms with Gasteiger partial charge < -0.3 is 4.74 Å². The predicted molar refractivity (Wildman–Crippen MR) is 107 cm³/mol. The third kappa shape index (κ3) is 4.64. The van der Waals surface area contributed by atoms with E-state index < -0.39 is 6.10 Å². The number of aryl methyl sites for hydroxylation is 2. The number of carbonyl (C=O) groups is 1. The van der Waals surface area contributed by atoms with Crippen molar-refractivity contribution in [2.45, 2.75) is 26.9 Å². The molecule has 1 aromatic heterocycles. The lowest BCUT2D eigenvalue weighted by atomic mass is 10.1. The highest BCUT2D eigenvalue weighted by molar-refractivity contribution is 7.16. The maximum atomic E-state index is 13.1. The number of hydrogen-bond donors (Lipinski definition) is 1. The first-order chi connectivity index (χ1) is 12.8. The highest BCUT2D eigenvalue weighted by Crippen LogP contribution is 2.30. The van der Waals surface area contributed by atoms with Gasteiger partial charge in [-0.2, -0.15) is 0 Å². The number of halogens is 2. The fourth-order valence-electron chi connectivity index (χ4n) is 2.52. The molecule has 0 fully saturated rings. The molecular weight excluding hydrogens is 387 g/mol. The molecule has 1 atom stereocenters. The Balaban J connectivity index is 1.70. The Bertz CT molecular complexity index is 973. The van der Waals surface area contributed by atoms with Crippen molar-refractivity contribution in [1.29, 1.82) is 0 Å². The summed E-state index contributed by atoms with van der Waals surface area (Å²) in [5.41, 5.74) is 2.37. The van der Waals surface area contributed by atoms with E-state index >= 15 is 0 Å². The molecule has 2 aromatic carbocycles. The van der Waals surface area contributed by atoms with Crippen LogP contribution in [0.5, 0.6) is 5.75 Å².